The van der Waals surface area contributed by atoms with Crippen molar-refractivity contribution >= 4 is 41.2 Å². The van der Waals surface area contributed by atoms with E-state index in [0.29, 0.717) is 30.1 Å². The van der Waals surface area contributed by atoms with Crippen LogP contribution in [-0.4, -0.2) is 29.9 Å². The van der Waals surface area contributed by atoms with E-state index in [1.165, 1.54) is 11.3 Å². The van der Waals surface area contributed by atoms with Crippen LogP contribution in [0.1, 0.15) is 21.9 Å². The number of halogens is 1. The van der Waals surface area contributed by atoms with E-state index in [0.717, 1.165) is 5.01 Å². The largest absolute Gasteiger partial charge is 0.493 e. The van der Waals surface area contributed by atoms with Crippen LogP contribution in [-0.2, 0) is 11.2 Å². The highest BCUT2D eigenvalue weighted by Crippen LogP contribution is 2.17. The maximum atomic E-state index is 12.1. The molecule has 0 saturated carbocycles. The third kappa shape index (κ3) is 6.15. The predicted molar refractivity (Wildman–Crippen MR) is 95.8 cm³/mol. The maximum absolute atomic E-state index is 12.1. The average molecular weight is 371 g/mol. The van der Waals surface area contributed by atoms with Gasteiger partial charge in [-0.1, -0.05) is 0 Å². The third-order valence-corrected chi connectivity index (χ3v) is 3.78. The summed E-state index contributed by atoms with van der Waals surface area (Å²) in [5.74, 6) is -0.0822. The highest BCUT2D eigenvalue weighted by atomic mass is 35.5. The van der Waals surface area contributed by atoms with E-state index < -0.39 is 5.91 Å². The molecule has 0 aliphatic rings. The number of nitrogens with two attached hydrogens (primary N) is 2. The van der Waals surface area contributed by atoms with Gasteiger partial charge in [0.25, 0.3) is 5.91 Å². The zero-order valence-corrected chi connectivity index (χ0v) is 14.5. The molecule has 0 saturated heterocycles. The number of thiazole rings is 1. The lowest BCUT2D eigenvalue weighted by Gasteiger charge is -2.07. The van der Waals surface area contributed by atoms with Gasteiger partial charge in [-0.15, -0.1) is 23.7 Å². The molecule has 2 amide bonds. The first-order valence-corrected chi connectivity index (χ1v) is 7.93. The van der Waals surface area contributed by atoms with Crippen molar-refractivity contribution in [2.45, 2.75) is 12.8 Å². The lowest BCUT2D eigenvalue weighted by atomic mass is 10.3. The minimum Gasteiger partial charge on any atom is -0.493 e. The normalized spacial score (nSPS) is 9.88. The number of carbonyl (C=O) groups is 2. The Morgan fingerprint density at radius 3 is 2.58 bits per heavy atom. The molecule has 0 atom stereocenters. The summed E-state index contributed by atoms with van der Waals surface area (Å²) in [6.45, 7) is 0.732. The van der Waals surface area contributed by atoms with E-state index in [1.807, 2.05) is 0 Å². The number of hydrogen-bond donors (Lipinski definition) is 3. The summed E-state index contributed by atoms with van der Waals surface area (Å²) in [4.78, 5) is 26.9. The number of rotatable bonds is 8. The van der Waals surface area contributed by atoms with E-state index in [9.17, 15) is 9.59 Å². The predicted octanol–water partition coefficient (Wildman–Crippen LogP) is 1.57. The van der Waals surface area contributed by atoms with Gasteiger partial charge in [-0.3, -0.25) is 9.59 Å². The molecule has 0 spiro atoms. The summed E-state index contributed by atoms with van der Waals surface area (Å²) < 4.78 is 5.36. The number of anilines is 1. The molecule has 5 N–H and O–H groups in total. The quantitative estimate of drug-likeness (QED) is 0.651. The van der Waals surface area contributed by atoms with Crippen LogP contribution in [0.4, 0.5) is 5.69 Å². The maximum Gasteiger partial charge on any atom is 0.275 e. The number of ether oxygens (including phenoxy) is 1. The summed E-state index contributed by atoms with van der Waals surface area (Å²) in [5.41, 5.74) is 11.5. The molecule has 0 unspecified atom stereocenters. The summed E-state index contributed by atoms with van der Waals surface area (Å²) >= 11 is 1.42. The zero-order valence-electron chi connectivity index (χ0n) is 12.9. The molecule has 1 heterocycles. The fourth-order valence-corrected chi connectivity index (χ4v) is 2.55. The molecular weight excluding hydrogens is 352 g/mol. The first-order chi connectivity index (χ1) is 11.1. The van der Waals surface area contributed by atoms with Crippen LogP contribution in [0.5, 0.6) is 5.75 Å². The van der Waals surface area contributed by atoms with Crippen LogP contribution in [0, 0.1) is 0 Å². The molecule has 0 aliphatic heterocycles. The van der Waals surface area contributed by atoms with Gasteiger partial charge in [0, 0.05) is 17.5 Å². The second kappa shape index (κ2) is 9.86. The Bertz CT molecular complexity index is 676. The second-order valence-corrected chi connectivity index (χ2v) is 5.65. The van der Waals surface area contributed by atoms with Crippen molar-refractivity contribution in [1.82, 2.24) is 4.98 Å². The first kappa shape index (κ1) is 19.9. The van der Waals surface area contributed by atoms with Gasteiger partial charge in [-0.25, -0.2) is 4.98 Å². The Morgan fingerprint density at radius 2 is 1.96 bits per heavy atom. The van der Waals surface area contributed by atoms with Crippen molar-refractivity contribution in [1.29, 1.82) is 0 Å². The lowest BCUT2D eigenvalue weighted by Crippen LogP contribution is -2.14. The van der Waals surface area contributed by atoms with Gasteiger partial charge >= 0.3 is 0 Å². The number of aromatic nitrogens is 1. The number of carbonyl (C=O) groups excluding carboxylic acids is 2. The molecule has 2 rings (SSSR count). The topological polar surface area (TPSA) is 120 Å². The Kier molecular flexibility index (Phi) is 8.17. The monoisotopic (exact) mass is 370 g/mol. The Balaban J connectivity index is 0.00000288. The molecular formula is C15H19ClN4O3S. The fourth-order valence-electron chi connectivity index (χ4n) is 1.75. The molecule has 1 aromatic carbocycles. The number of benzene rings is 1. The van der Waals surface area contributed by atoms with Crippen LogP contribution < -0.4 is 21.5 Å². The molecule has 0 fully saturated rings. The molecule has 9 heteroatoms. The number of primary amides is 1. The van der Waals surface area contributed by atoms with Gasteiger partial charge in [-0.2, -0.15) is 0 Å². The van der Waals surface area contributed by atoms with Crippen molar-refractivity contribution in [2.24, 2.45) is 11.5 Å². The van der Waals surface area contributed by atoms with E-state index >= 15 is 0 Å². The SMILES string of the molecule is Cl.NCCc1nc(C(=O)Nc2ccc(OCCC(N)=O)cc2)cs1. The standard InChI is InChI=1S/C15H18N4O3S.ClH/c16-7-5-14-19-12(9-23-14)15(21)18-10-1-3-11(4-2-10)22-8-6-13(17)20;/h1-4,9H,5-8,16H2,(H2,17,20)(H,18,21);1H. The molecule has 0 aliphatic carbocycles. The van der Waals surface area contributed by atoms with Gasteiger partial charge in [0.05, 0.1) is 18.0 Å². The van der Waals surface area contributed by atoms with Crippen LogP contribution in [0.25, 0.3) is 0 Å². The molecule has 1 aromatic heterocycles. The molecule has 2 aromatic rings. The van der Waals surface area contributed by atoms with E-state index in [-0.39, 0.29) is 31.3 Å². The van der Waals surface area contributed by atoms with Crippen molar-refractivity contribution in [3.8, 4) is 5.75 Å². The molecule has 24 heavy (non-hydrogen) atoms. The number of hydrogen-bond acceptors (Lipinski definition) is 6. The van der Waals surface area contributed by atoms with E-state index in [1.54, 1.807) is 29.6 Å². The summed E-state index contributed by atoms with van der Waals surface area (Å²) in [6, 6.07) is 6.84. The van der Waals surface area contributed by atoms with Gasteiger partial charge in [0.15, 0.2) is 0 Å². The molecule has 7 nitrogen and oxygen atoms in total. The minimum atomic E-state index is -0.411. The van der Waals surface area contributed by atoms with Crippen LogP contribution >= 0.6 is 23.7 Å². The van der Waals surface area contributed by atoms with Gasteiger partial charge in [-0.05, 0) is 30.8 Å². The Morgan fingerprint density at radius 1 is 1.25 bits per heavy atom. The van der Waals surface area contributed by atoms with Crippen molar-refractivity contribution in [3.05, 3.63) is 40.3 Å². The summed E-state index contributed by atoms with van der Waals surface area (Å²) in [5, 5.41) is 5.31. The Hall–Kier alpha value is -2.16. The van der Waals surface area contributed by atoms with Crippen molar-refractivity contribution in [2.75, 3.05) is 18.5 Å². The smallest absolute Gasteiger partial charge is 0.275 e. The minimum absolute atomic E-state index is 0. The average Bonchev–Trinajstić information content (AvgIpc) is 2.98. The van der Waals surface area contributed by atoms with Gasteiger partial charge < -0.3 is 21.5 Å². The lowest BCUT2D eigenvalue weighted by molar-refractivity contribution is -0.118. The van der Waals surface area contributed by atoms with Gasteiger partial charge in [0.2, 0.25) is 5.91 Å². The highest BCUT2D eigenvalue weighted by Gasteiger charge is 2.10. The van der Waals surface area contributed by atoms with Crippen LogP contribution in [0.2, 0.25) is 0 Å². The third-order valence-electron chi connectivity index (χ3n) is 2.87. The van der Waals surface area contributed by atoms with Crippen molar-refractivity contribution < 1.29 is 14.3 Å². The van der Waals surface area contributed by atoms with Crippen LogP contribution in [0.3, 0.4) is 0 Å². The van der Waals surface area contributed by atoms with Crippen LogP contribution in [0.15, 0.2) is 29.6 Å². The van der Waals surface area contributed by atoms with Crippen molar-refractivity contribution in [3.63, 3.8) is 0 Å². The summed E-state index contributed by atoms with van der Waals surface area (Å²) in [7, 11) is 0. The summed E-state index contributed by atoms with van der Waals surface area (Å²) in [6.07, 6.45) is 0.822. The zero-order chi connectivity index (χ0) is 16.7. The van der Waals surface area contributed by atoms with E-state index in [2.05, 4.69) is 10.3 Å². The number of nitrogens with one attached hydrogen (secondary N) is 1. The number of nitrogens with zero attached hydrogens (tertiary/aromatic N) is 1. The first-order valence-electron chi connectivity index (χ1n) is 7.05. The highest BCUT2D eigenvalue weighted by molar-refractivity contribution is 7.09. The fraction of sp³-hybridized carbons (Fsp3) is 0.267. The second-order valence-electron chi connectivity index (χ2n) is 4.71. The Labute approximate surface area is 149 Å². The molecule has 0 radical (unpaired) electrons. The van der Waals surface area contributed by atoms with E-state index in [4.69, 9.17) is 16.2 Å². The molecule has 0 bridgehead atoms. The molecule has 130 valence electrons. The van der Waals surface area contributed by atoms with Gasteiger partial charge in [0.1, 0.15) is 11.4 Å². The number of amides is 2.